The first kappa shape index (κ1) is 11.0. The van der Waals surface area contributed by atoms with E-state index in [1.54, 1.807) is 6.07 Å². The summed E-state index contributed by atoms with van der Waals surface area (Å²) in [5.74, 6) is 1.49. The van der Waals surface area contributed by atoms with E-state index in [0.29, 0.717) is 30.1 Å². The molecule has 5 nitrogen and oxygen atoms in total. The van der Waals surface area contributed by atoms with Gasteiger partial charge in [0.05, 0.1) is 5.56 Å². The number of oxazole rings is 1. The molecule has 5 heteroatoms. The third kappa shape index (κ3) is 2.37. The van der Waals surface area contributed by atoms with Crippen LogP contribution in [0.5, 0.6) is 0 Å². The highest BCUT2D eigenvalue weighted by atomic mass is 16.4. The van der Waals surface area contributed by atoms with E-state index in [9.17, 15) is 4.79 Å². The number of fused-ring (bicyclic) bond motifs is 1. The van der Waals surface area contributed by atoms with Crippen LogP contribution in [0.3, 0.4) is 0 Å². The van der Waals surface area contributed by atoms with E-state index >= 15 is 0 Å². The van der Waals surface area contributed by atoms with Crippen molar-refractivity contribution in [2.24, 2.45) is 0 Å². The number of carboxylic acids is 1. The molecule has 0 saturated carbocycles. The second kappa shape index (κ2) is 4.58. The lowest BCUT2D eigenvalue weighted by Gasteiger charge is -1.94. The highest BCUT2D eigenvalue weighted by Crippen LogP contribution is 2.20. The first-order valence-electron chi connectivity index (χ1n) is 5.02. The molecule has 2 rings (SSSR count). The molecule has 0 aliphatic rings. The second-order valence-corrected chi connectivity index (χ2v) is 3.39. The zero-order valence-electron chi connectivity index (χ0n) is 8.93. The standard InChI is InChI=1S/C12H10N2O3/c1-2-3-6-13-12-14-9-5-4-8(11(15)16)7-10(9)17-12/h1,4-5,7H,3,6H2,(H,13,14)(H,15,16). The number of rotatable bonds is 4. The van der Waals surface area contributed by atoms with Crippen molar-refractivity contribution in [3.05, 3.63) is 23.8 Å². The highest BCUT2D eigenvalue weighted by molar-refractivity contribution is 5.92. The van der Waals surface area contributed by atoms with Gasteiger partial charge in [-0.25, -0.2) is 4.79 Å². The van der Waals surface area contributed by atoms with Gasteiger partial charge in [0.25, 0.3) is 6.01 Å². The number of anilines is 1. The molecular formula is C12H10N2O3. The summed E-state index contributed by atoms with van der Waals surface area (Å²) in [5.41, 5.74) is 1.22. The quantitative estimate of drug-likeness (QED) is 0.620. The Bertz CT molecular complexity index is 595. The van der Waals surface area contributed by atoms with Gasteiger partial charge in [0, 0.05) is 13.0 Å². The van der Waals surface area contributed by atoms with Gasteiger partial charge < -0.3 is 14.8 Å². The summed E-state index contributed by atoms with van der Waals surface area (Å²) < 4.78 is 5.35. The van der Waals surface area contributed by atoms with Crippen molar-refractivity contribution in [2.75, 3.05) is 11.9 Å². The number of nitrogens with zero attached hydrogens (tertiary/aromatic N) is 1. The molecule has 0 spiro atoms. The Hall–Kier alpha value is -2.48. The number of aromatic carboxylic acids is 1. The summed E-state index contributed by atoms with van der Waals surface area (Å²) in [4.78, 5) is 14.9. The number of benzene rings is 1. The SMILES string of the molecule is C#CCCNc1nc2ccc(C(=O)O)cc2o1. The maximum Gasteiger partial charge on any atom is 0.335 e. The fourth-order valence-electron chi connectivity index (χ4n) is 1.37. The lowest BCUT2D eigenvalue weighted by atomic mass is 10.2. The fraction of sp³-hybridized carbons (Fsp3) is 0.167. The zero-order chi connectivity index (χ0) is 12.3. The first-order valence-corrected chi connectivity index (χ1v) is 5.02. The molecular weight excluding hydrogens is 220 g/mol. The number of carboxylic acid groups (broad SMARTS) is 1. The van der Waals surface area contributed by atoms with Crippen molar-refractivity contribution in [1.29, 1.82) is 0 Å². The topological polar surface area (TPSA) is 75.4 Å². The molecule has 1 aromatic heterocycles. The van der Waals surface area contributed by atoms with Crippen LogP contribution >= 0.6 is 0 Å². The van der Waals surface area contributed by atoms with Gasteiger partial charge in [-0.05, 0) is 18.2 Å². The Morgan fingerprint density at radius 3 is 3.12 bits per heavy atom. The normalized spacial score (nSPS) is 10.1. The Morgan fingerprint density at radius 2 is 2.41 bits per heavy atom. The molecule has 0 saturated heterocycles. The maximum absolute atomic E-state index is 10.8. The summed E-state index contributed by atoms with van der Waals surface area (Å²) in [7, 11) is 0. The van der Waals surface area contributed by atoms with E-state index in [1.807, 2.05) is 0 Å². The predicted molar refractivity (Wildman–Crippen MR) is 62.9 cm³/mol. The van der Waals surface area contributed by atoms with Crippen molar-refractivity contribution in [3.8, 4) is 12.3 Å². The van der Waals surface area contributed by atoms with Crippen LogP contribution in [-0.2, 0) is 0 Å². The van der Waals surface area contributed by atoms with Gasteiger partial charge in [-0.15, -0.1) is 12.3 Å². The van der Waals surface area contributed by atoms with E-state index in [-0.39, 0.29) is 5.56 Å². The maximum atomic E-state index is 10.8. The van der Waals surface area contributed by atoms with E-state index in [4.69, 9.17) is 15.9 Å². The molecule has 1 heterocycles. The summed E-state index contributed by atoms with van der Waals surface area (Å²) in [6.45, 7) is 0.565. The van der Waals surface area contributed by atoms with Crippen molar-refractivity contribution in [2.45, 2.75) is 6.42 Å². The number of terminal acetylenes is 1. The van der Waals surface area contributed by atoms with E-state index in [1.165, 1.54) is 12.1 Å². The highest BCUT2D eigenvalue weighted by Gasteiger charge is 2.08. The molecule has 0 bridgehead atoms. The number of hydrogen-bond acceptors (Lipinski definition) is 4. The van der Waals surface area contributed by atoms with Crippen molar-refractivity contribution in [1.82, 2.24) is 4.98 Å². The molecule has 1 aromatic carbocycles. The Kier molecular flexibility index (Phi) is 2.97. The minimum Gasteiger partial charge on any atom is -0.478 e. The zero-order valence-corrected chi connectivity index (χ0v) is 8.93. The van der Waals surface area contributed by atoms with Gasteiger partial charge in [-0.1, -0.05) is 0 Å². The van der Waals surface area contributed by atoms with Crippen LogP contribution in [0.15, 0.2) is 22.6 Å². The predicted octanol–water partition coefficient (Wildman–Crippen LogP) is 1.96. The lowest BCUT2D eigenvalue weighted by molar-refractivity contribution is 0.0697. The molecule has 0 aliphatic heterocycles. The van der Waals surface area contributed by atoms with Crippen molar-refractivity contribution < 1.29 is 14.3 Å². The molecule has 2 N–H and O–H groups in total. The first-order chi connectivity index (χ1) is 8.20. The number of hydrogen-bond donors (Lipinski definition) is 2. The molecule has 17 heavy (non-hydrogen) atoms. The van der Waals surface area contributed by atoms with Crippen LogP contribution in [0, 0.1) is 12.3 Å². The molecule has 0 amide bonds. The van der Waals surface area contributed by atoms with Gasteiger partial charge in [0.1, 0.15) is 5.52 Å². The number of nitrogens with one attached hydrogen (secondary N) is 1. The van der Waals surface area contributed by atoms with Crippen LogP contribution < -0.4 is 5.32 Å². The Balaban J connectivity index is 2.25. The van der Waals surface area contributed by atoms with Gasteiger partial charge in [0.15, 0.2) is 5.58 Å². The van der Waals surface area contributed by atoms with Crippen LogP contribution in [-0.4, -0.2) is 22.6 Å². The van der Waals surface area contributed by atoms with Crippen molar-refractivity contribution in [3.63, 3.8) is 0 Å². The van der Waals surface area contributed by atoms with Gasteiger partial charge in [0.2, 0.25) is 0 Å². The molecule has 86 valence electrons. The lowest BCUT2D eigenvalue weighted by Crippen LogP contribution is -1.99. The summed E-state index contributed by atoms with van der Waals surface area (Å²) in [6, 6.07) is 4.88. The smallest absolute Gasteiger partial charge is 0.335 e. The summed E-state index contributed by atoms with van der Waals surface area (Å²) in [5, 5.41) is 11.7. The minimum atomic E-state index is -0.995. The fourth-order valence-corrected chi connectivity index (χ4v) is 1.37. The third-order valence-corrected chi connectivity index (χ3v) is 2.18. The van der Waals surface area contributed by atoms with Crippen molar-refractivity contribution >= 4 is 23.1 Å². The van der Waals surface area contributed by atoms with Gasteiger partial charge in [-0.2, -0.15) is 4.98 Å². The summed E-state index contributed by atoms with van der Waals surface area (Å²) in [6.07, 6.45) is 5.68. The Morgan fingerprint density at radius 1 is 1.59 bits per heavy atom. The molecule has 0 fully saturated rings. The van der Waals surface area contributed by atoms with Gasteiger partial charge in [-0.3, -0.25) is 0 Å². The van der Waals surface area contributed by atoms with E-state index in [0.717, 1.165) is 0 Å². The molecule has 2 aromatic rings. The van der Waals surface area contributed by atoms with Gasteiger partial charge >= 0.3 is 5.97 Å². The number of carbonyl (C=O) groups is 1. The number of aromatic nitrogens is 1. The molecule has 0 unspecified atom stereocenters. The van der Waals surface area contributed by atoms with E-state index < -0.39 is 5.97 Å². The third-order valence-electron chi connectivity index (χ3n) is 2.18. The second-order valence-electron chi connectivity index (χ2n) is 3.39. The average Bonchev–Trinajstić information content (AvgIpc) is 2.70. The largest absolute Gasteiger partial charge is 0.478 e. The van der Waals surface area contributed by atoms with Crippen LogP contribution in [0.1, 0.15) is 16.8 Å². The van der Waals surface area contributed by atoms with Crippen LogP contribution in [0.25, 0.3) is 11.1 Å². The minimum absolute atomic E-state index is 0.170. The monoisotopic (exact) mass is 230 g/mol. The summed E-state index contributed by atoms with van der Waals surface area (Å²) >= 11 is 0. The molecule has 0 radical (unpaired) electrons. The van der Waals surface area contributed by atoms with Crippen LogP contribution in [0.4, 0.5) is 6.01 Å². The van der Waals surface area contributed by atoms with E-state index in [2.05, 4.69) is 16.2 Å². The van der Waals surface area contributed by atoms with Crippen LogP contribution in [0.2, 0.25) is 0 Å². The Labute approximate surface area is 97.5 Å². The molecule has 0 aliphatic carbocycles. The molecule has 0 atom stereocenters. The average molecular weight is 230 g/mol.